The molecule has 29 heavy (non-hydrogen) atoms. The molecule has 1 aromatic heterocycles. The Hall–Kier alpha value is -1.62. The average Bonchev–Trinajstić information content (AvgIpc) is 3.08. The van der Waals surface area contributed by atoms with E-state index < -0.39 is 17.7 Å². The summed E-state index contributed by atoms with van der Waals surface area (Å²) in [6, 6.07) is 3.42. The number of nitrogens with zero attached hydrogens (tertiary/aromatic N) is 3. The van der Waals surface area contributed by atoms with Gasteiger partial charge in [-0.1, -0.05) is 0 Å². The number of benzene rings is 1. The summed E-state index contributed by atoms with van der Waals surface area (Å²) in [7, 11) is 1.54. The molecule has 1 aliphatic heterocycles. The van der Waals surface area contributed by atoms with Crippen molar-refractivity contribution in [2.45, 2.75) is 51.2 Å². The minimum absolute atomic E-state index is 0.166. The van der Waals surface area contributed by atoms with Gasteiger partial charge in [-0.3, -0.25) is 0 Å². The van der Waals surface area contributed by atoms with Crippen LogP contribution in [0.2, 0.25) is 0 Å². The second-order valence-electron chi connectivity index (χ2n) is 6.65. The van der Waals surface area contributed by atoms with E-state index in [2.05, 4.69) is 26.0 Å². The van der Waals surface area contributed by atoms with Crippen molar-refractivity contribution in [2.75, 3.05) is 20.3 Å². The molecule has 10 heteroatoms. The predicted octanol–water partition coefficient (Wildman–Crippen LogP) is 4.37. The lowest BCUT2D eigenvalue weighted by molar-refractivity contribution is -0.163. The molecule has 1 aromatic carbocycles. The molecule has 2 unspecified atom stereocenters. The van der Waals surface area contributed by atoms with Crippen molar-refractivity contribution >= 4 is 15.9 Å². The molecule has 0 amide bonds. The van der Waals surface area contributed by atoms with Crippen LogP contribution in [0.3, 0.4) is 0 Å². The zero-order chi connectivity index (χ0) is 20.6. The van der Waals surface area contributed by atoms with E-state index in [0.29, 0.717) is 30.0 Å². The molecule has 2 atom stereocenters. The maximum absolute atomic E-state index is 13.6. The molecule has 1 fully saturated rings. The Morgan fingerprint density at radius 1 is 1.31 bits per heavy atom. The molecule has 0 saturated carbocycles. The highest BCUT2D eigenvalue weighted by molar-refractivity contribution is 9.10. The normalized spacial score (nSPS) is 18.0. The van der Waals surface area contributed by atoms with E-state index in [9.17, 15) is 8.78 Å². The van der Waals surface area contributed by atoms with Gasteiger partial charge >= 0.3 is 0 Å². The first-order chi connectivity index (χ1) is 14.1. The van der Waals surface area contributed by atoms with E-state index in [0.717, 1.165) is 38.0 Å². The standard InChI is InChI=1S/C19H24BrF2N3O4/c1-26-12-25-18(23-19(20)24-25)16(29-13-7-8-14(21)15(22)11-13)5-4-10-28-17-6-2-3-9-27-17/h7-8,11,16-17H,2-6,9-10,12H2,1H3. The molecule has 0 aliphatic carbocycles. The Morgan fingerprint density at radius 2 is 2.17 bits per heavy atom. The number of hydrogen-bond donors (Lipinski definition) is 0. The van der Waals surface area contributed by atoms with Crippen molar-refractivity contribution in [2.24, 2.45) is 0 Å². The van der Waals surface area contributed by atoms with E-state index in [1.165, 1.54) is 6.07 Å². The second-order valence-corrected chi connectivity index (χ2v) is 7.36. The Balaban J connectivity index is 1.67. The zero-order valence-corrected chi connectivity index (χ0v) is 17.7. The molecule has 0 radical (unpaired) electrons. The number of methoxy groups -OCH3 is 1. The smallest absolute Gasteiger partial charge is 0.217 e. The molecular formula is C19H24BrF2N3O4. The predicted molar refractivity (Wildman–Crippen MR) is 103 cm³/mol. The summed E-state index contributed by atoms with van der Waals surface area (Å²) >= 11 is 3.26. The van der Waals surface area contributed by atoms with Crippen LogP contribution in [0, 0.1) is 11.6 Å². The highest BCUT2D eigenvalue weighted by atomic mass is 79.9. The quantitative estimate of drug-likeness (QED) is 0.475. The molecule has 2 heterocycles. The van der Waals surface area contributed by atoms with Gasteiger partial charge in [-0.15, -0.1) is 5.10 Å². The van der Waals surface area contributed by atoms with Gasteiger partial charge in [0.05, 0.1) is 0 Å². The van der Waals surface area contributed by atoms with E-state index in [-0.39, 0.29) is 18.8 Å². The monoisotopic (exact) mass is 475 g/mol. The van der Waals surface area contributed by atoms with Crippen molar-refractivity contribution in [3.63, 3.8) is 0 Å². The third-order valence-electron chi connectivity index (χ3n) is 4.44. The van der Waals surface area contributed by atoms with Gasteiger partial charge in [0.25, 0.3) is 0 Å². The van der Waals surface area contributed by atoms with Crippen LogP contribution in [0.15, 0.2) is 22.9 Å². The first-order valence-corrected chi connectivity index (χ1v) is 10.3. The molecule has 0 spiro atoms. The average molecular weight is 476 g/mol. The van der Waals surface area contributed by atoms with Crippen molar-refractivity contribution in [3.05, 3.63) is 40.4 Å². The van der Waals surface area contributed by atoms with Crippen LogP contribution in [-0.4, -0.2) is 41.4 Å². The minimum atomic E-state index is -0.974. The molecule has 1 aliphatic rings. The fraction of sp³-hybridized carbons (Fsp3) is 0.579. The van der Waals surface area contributed by atoms with E-state index in [4.69, 9.17) is 18.9 Å². The van der Waals surface area contributed by atoms with Gasteiger partial charge in [-0.25, -0.2) is 18.4 Å². The highest BCUT2D eigenvalue weighted by Gasteiger charge is 2.23. The largest absolute Gasteiger partial charge is 0.482 e. The number of rotatable bonds is 10. The SMILES string of the molecule is COCn1nc(Br)nc1C(CCCOC1CCCCO1)Oc1ccc(F)c(F)c1. The van der Waals surface area contributed by atoms with E-state index in [1.54, 1.807) is 11.8 Å². The summed E-state index contributed by atoms with van der Waals surface area (Å²) in [5.41, 5.74) is 0. The van der Waals surface area contributed by atoms with E-state index >= 15 is 0 Å². The van der Waals surface area contributed by atoms with Gasteiger partial charge < -0.3 is 18.9 Å². The van der Waals surface area contributed by atoms with Gasteiger partial charge in [0.2, 0.25) is 4.73 Å². The third kappa shape index (κ3) is 6.43. The Morgan fingerprint density at radius 3 is 2.90 bits per heavy atom. The Bertz CT molecular complexity index is 787. The van der Waals surface area contributed by atoms with Gasteiger partial charge in [0, 0.05) is 26.4 Å². The van der Waals surface area contributed by atoms with Crippen LogP contribution in [0.5, 0.6) is 5.75 Å². The lowest BCUT2D eigenvalue weighted by atomic mass is 10.2. The summed E-state index contributed by atoms with van der Waals surface area (Å²) in [4.78, 5) is 4.36. The number of aromatic nitrogens is 3. The molecule has 3 rings (SSSR count). The van der Waals surface area contributed by atoms with Gasteiger partial charge in [-0.2, -0.15) is 0 Å². The second kappa shape index (κ2) is 11.0. The Kier molecular flexibility index (Phi) is 8.34. The van der Waals surface area contributed by atoms with Crippen molar-refractivity contribution in [1.82, 2.24) is 14.8 Å². The topological polar surface area (TPSA) is 67.6 Å². The number of hydrogen-bond acceptors (Lipinski definition) is 6. The number of halogens is 3. The molecule has 1 saturated heterocycles. The Labute approximate surface area is 176 Å². The van der Waals surface area contributed by atoms with Crippen LogP contribution < -0.4 is 4.74 Å². The molecule has 2 aromatic rings. The maximum atomic E-state index is 13.6. The fourth-order valence-electron chi connectivity index (χ4n) is 3.06. The summed E-state index contributed by atoms with van der Waals surface area (Å²) < 4.78 is 51.2. The first-order valence-electron chi connectivity index (χ1n) is 9.51. The van der Waals surface area contributed by atoms with Crippen LogP contribution >= 0.6 is 15.9 Å². The van der Waals surface area contributed by atoms with Gasteiger partial charge in [-0.05, 0) is 60.2 Å². The number of ether oxygens (including phenoxy) is 4. The van der Waals surface area contributed by atoms with Crippen molar-refractivity contribution in [1.29, 1.82) is 0 Å². The van der Waals surface area contributed by atoms with Crippen LogP contribution in [0.4, 0.5) is 8.78 Å². The summed E-state index contributed by atoms with van der Waals surface area (Å²) in [6.45, 7) is 1.39. The van der Waals surface area contributed by atoms with Gasteiger partial charge in [0.1, 0.15) is 12.5 Å². The molecular weight excluding hydrogens is 452 g/mol. The van der Waals surface area contributed by atoms with Gasteiger partial charge in [0.15, 0.2) is 29.9 Å². The first kappa shape index (κ1) is 22.1. The molecule has 0 N–H and O–H groups in total. The van der Waals surface area contributed by atoms with E-state index in [1.807, 2.05) is 0 Å². The lowest BCUT2D eigenvalue weighted by Crippen LogP contribution is -2.23. The zero-order valence-electron chi connectivity index (χ0n) is 16.2. The minimum Gasteiger partial charge on any atom is -0.482 e. The van der Waals surface area contributed by atoms with Crippen LogP contribution in [0.1, 0.15) is 44.0 Å². The van der Waals surface area contributed by atoms with Crippen molar-refractivity contribution in [3.8, 4) is 5.75 Å². The molecule has 7 nitrogen and oxygen atoms in total. The summed E-state index contributed by atoms with van der Waals surface area (Å²) in [5, 5.41) is 4.23. The van der Waals surface area contributed by atoms with Crippen LogP contribution in [-0.2, 0) is 20.9 Å². The molecule has 0 bridgehead atoms. The maximum Gasteiger partial charge on any atom is 0.217 e. The van der Waals surface area contributed by atoms with Crippen LogP contribution in [0.25, 0.3) is 0 Å². The summed E-state index contributed by atoms with van der Waals surface area (Å²) in [5.74, 6) is -1.19. The third-order valence-corrected chi connectivity index (χ3v) is 4.77. The van der Waals surface area contributed by atoms with Crippen molar-refractivity contribution < 1.29 is 27.7 Å². The highest BCUT2D eigenvalue weighted by Crippen LogP contribution is 2.27. The molecule has 160 valence electrons. The lowest BCUT2D eigenvalue weighted by Gasteiger charge is -2.23. The summed E-state index contributed by atoms with van der Waals surface area (Å²) in [6.07, 6.45) is 3.52. The fourth-order valence-corrected chi connectivity index (χ4v) is 3.44.